The largest absolute Gasteiger partial charge is 0.465 e. The molecule has 0 fully saturated rings. The number of rotatable bonds is 8. The predicted octanol–water partition coefficient (Wildman–Crippen LogP) is 1.92. The van der Waals surface area contributed by atoms with Crippen LogP contribution >= 0.6 is 11.8 Å². The van der Waals surface area contributed by atoms with Crippen LogP contribution in [0, 0.1) is 0 Å². The molecule has 1 heterocycles. The van der Waals surface area contributed by atoms with Crippen LogP contribution in [-0.2, 0) is 14.3 Å². The van der Waals surface area contributed by atoms with Crippen molar-refractivity contribution >= 4 is 41.1 Å². The number of benzene rings is 1. The lowest BCUT2D eigenvalue weighted by molar-refractivity contribution is -0.139. The molecule has 1 aromatic heterocycles. The minimum Gasteiger partial charge on any atom is -0.465 e. The first kappa shape index (κ1) is 20.4. The van der Waals surface area contributed by atoms with Crippen molar-refractivity contribution in [2.45, 2.75) is 32.0 Å². The summed E-state index contributed by atoms with van der Waals surface area (Å²) in [5.41, 5.74) is 6.83. The Kier molecular flexibility index (Phi) is 6.94. The molecular weight excluding hydrogens is 370 g/mol. The summed E-state index contributed by atoms with van der Waals surface area (Å²) in [6.45, 7) is 5.09. The summed E-state index contributed by atoms with van der Waals surface area (Å²) in [6, 6.07) is 5.90. The number of hydrogen-bond acceptors (Lipinski definition) is 8. The van der Waals surface area contributed by atoms with Crippen LogP contribution in [0.4, 0.5) is 11.6 Å². The molecule has 10 heteroatoms. The van der Waals surface area contributed by atoms with Crippen molar-refractivity contribution < 1.29 is 19.1 Å². The Morgan fingerprint density at radius 1 is 1.33 bits per heavy atom. The molecule has 1 amide bonds. The van der Waals surface area contributed by atoms with Crippen LogP contribution in [0.15, 0.2) is 29.4 Å². The van der Waals surface area contributed by atoms with E-state index in [2.05, 4.69) is 15.5 Å². The van der Waals surface area contributed by atoms with Crippen molar-refractivity contribution in [3.05, 3.63) is 29.8 Å². The number of ether oxygens (including phenoxy) is 1. The molecule has 9 nitrogen and oxygen atoms in total. The second-order valence-corrected chi connectivity index (χ2v) is 6.55. The molecule has 2 aromatic rings. The van der Waals surface area contributed by atoms with Crippen molar-refractivity contribution in [3.8, 4) is 0 Å². The zero-order valence-corrected chi connectivity index (χ0v) is 16.1. The third kappa shape index (κ3) is 5.30. The molecule has 0 saturated heterocycles. The second-order valence-electron chi connectivity index (χ2n) is 5.61. The van der Waals surface area contributed by atoms with E-state index >= 15 is 0 Å². The molecule has 0 spiro atoms. The number of aromatic nitrogens is 3. The molecule has 0 aliphatic heterocycles. The maximum atomic E-state index is 12.6. The van der Waals surface area contributed by atoms with Gasteiger partial charge in [0.25, 0.3) is 0 Å². The second kappa shape index (κ2) is 9.17. The fourth-order valence-corrected chi connectivity index (χ4v) is 3.08. The van der Waals surface area contributed by atoms with E-state index in [1.165, 1.54) is 11.5 Å². The number of amides is 1. The van der Waals surface area contributed by atoms with Crippen LogP contribution in [0.2, 0.25) is 0 Å². The van der Waals surface area contributed by atoms with E-state index in [-0.39, 0.29) is 30.0 Å². The fraction of sp³-hybridized carbons (Fsp3) is 0.353. The Morgan fingerprint density at radius 2 is 2.07 bits per heavy atom. The molecular formula is C17H21N5O4S. The van der Waals surface area contributed by atoms with Crippen LogP contribution in [0.5, 0.6) is 0 Å². The molecule has 1 unspecified atom stereocenters. The average molecular weight is 391 g/mol. The Hall–Kier alpha value is -2.88. The van der Waals surface area contributed by atoms with Gasteiger partial charge in [0.15, 0.2) is 10.9 Å². The van der Waals surface area contributed by atoms with Gasteiger partial charge < -0.3 is 15.8 Å². The monoisotopic (exact) mass is 391 g/mol. The first-order chi connectivity index (χ1) is 12.8. The van der Waals surface area contributed by atoms with E-state index in [9.17, 15) is 14.4 Å². The lowest BCUT2D eigenvalue weighted by atomic mass is 10.1. The quantitative estimate of drug-likeness (QED) is 0.397. The van der Waals surface area contributed by atoms with Crippen LogP contribution in [-0.4, -0.2) is 44.8 Å². The number of Topliss-reactive ketones (excluding diaryl/α,β-unsaturated/α-hetero) is 1. The van der Waals surface area contributed by atoms with E-state index in [1.54, 1.807) is 38.1 Å². The van der Waals surface area contributed by atoms with Gasteiger partial charge in [0.1, 0.15) is 6.04 Å². The lowest BCUT2D eigenvalue weighted by Crippen LogP contribution is -2.25. The van der Waals surface area contributed by atoms with Gasteiger partial charge in [-0.05, 0) is 32.9 Å². The van der Waals surface area contributed by atoms with Gasteiger partial charge >= 0.3 is 5.97 Å². The highest BCUT2D eigenvalue weighted by Gasteiger charge is 2.23. The number of thioether (sulfide) groups is 1. The van der Waals surface area contributed by atoms with Gasteiger partial charge in [-0.25, -0.2) is 0 Å². The predicted molar refractivity (Wildman–Crippen MR) is 102 cm³/mol. The molecule has 0 aliphatic carbocycles. The first-order valence-corrected chi connectivity index (χ1v) is 9.22. The van der Waals surface area contributed by atoms with Crippen LogP contribution in [0.3, 0.4) is 0 Å². The SMILES string of the molecule is CCOC(=O)CSc1nnc(N)n1C(C)C(=O)Nc1cccc(C(C)=O)c1. The Labute approximate surface area is 160 Å². The number of anilines is 2. The topological polar surface area (TPSA) is 129 Å². The minimum atomic E-state index is -0.731. The van der Waals surface area contributed by atoms with Crippen molar-refractivity contribution in [1.29, 1.82) is 0 Å². The number of carbonyl (C=O) groups excluding carboxylic acids is 3. The van der Waals surface area contributed by atoms with Gasteiger partial charge in [-0.3, -0.25) is 19.0 Å². The maximum Gasteiger partial charge on any atom is 0.316 e. The minimum absolute atomic E-state index is 0.0287. The number of nitrogens with zero attached hydrogens (tertiary/aromatic N) is 3. The third-order valence-electron chi connectivity index (χ3n) is 3.62. The summed E-state index contributed by atoms with van der Waals surface area (Å²) in [7, 11) is 0. The molecule has 144 valence electrons. The third-order valence-corrected chi connectivity index (χ3v) is 4.54. The van der Waals surface area contributed by atoms with E-state index in [4.69, 9.17) is 10.5 Å². The summed E-state index contributed by atoms with van der Waals surface area (Å²) < 4.78 is 6.31. The van der Waals surface area contributed by atoms with Crippen LogP contribution in [0.25, 0.3) is 0 Å². The molecule has 0 bridgehead atoms. The van der Waals surface area contributed by atoms with Gasteiger partial charge in [0, 0.05) is 11.3 Å². The standard InChI is InChI=1S/C17H21N5O4S/c1-4-26-14(24)9-27-17-21-20-16(18)22(17)10(2)15(25)19-13-7-5-6-12(8-13)11(3)23/h5-8,10H,4,9H2,1-3H3,(H2,18,20)(H,19,25). The molecule has 0 radical (unpaired) electrons. The van der Waals surface area contributed by atoms with E-state index < -0.39 is 12.0 Å². The Balaban J connectivity index is 2.12. The zero-order chi connectivity index (χ0) is 20.0. The molecule has 0 saturated carbocycles. The summed E-state index contributed by atoms with van der Waals surface area (Å²) in [5.74, 6) is -0.767. The van der Waals surface area contributed by atoms with Crippen molar-refractivity contribution in [2.24, 2.45) is 0 Å². The fourth-order valence-electron chi connectivity index (χ4n) is 2.26. The van der Waals surface area contributed by atoms with Gasteiger partial charge in [-0.2, -0.15) is 0 Å². The number of nitrogens with one attached hydrogen (secondary N) is 1. The van der Waals surface area contributed by atoms with Crippen molar-refractivity contribution in [2.75, 3.05) is 23.4 Å². The molecule has 1 atom stereocenters. The highest BCUT2D eigenvalue weighted by Crippen LogP contribution is 2.24. The van der Waals surface area contributed by atoms with E-state index in [0.717, 1.165) is 11.8 Å². The van der Waals surface area contributed by atoms with Gasteiger partial charge in [-0.1, -0.05) is 23.9 Å². The van der Waals surface area contributed by atoms with Gasteiger partial charge in [0.05, 0.1) is 12.4 Å². The lowest BCUT2D eigenvalue weighted by Gasteiger charge is -2.16. The Bertz CT molecular complexity index is 852. The summed E-state index contributed by atoms with van der Waals surface area (Å²) in [5, 5.41) is 10.8. The molecule has 0 aliphatic rings. The smallest absolute Gasteiger partial charge is 0.316 e. The first-order valence-electron chi connectivity index (χ1n) is 8.24. The molecule has 27 heavy (non-hydrogen) atoms. The summed E-state index contributed by atoms with van der Waals surface area (Å²) in [4.78, 5) is 35.6. The van der Waals surface area contributed by atoms with E-state index in [1.807, 2.05) is 0 Å². The normalized spacial score (nSPS) is 11.7. The van der Waals surface area contributed by atoms with Crippen molar-refractivity contribution in [1.82, 2.24) is 14.8 Å². The number of hydrogen-bond donors (Lipinski definition) is 2. The molecule has 1 aromatic carbocycles. The highest BCUT2D eigenvalue weighted by atomic mass is 32.2. The van der Waals surface area contributed by atoms with Crippen molar-refractivity contribution in [3.63, 3.8) is 0 Å². The number of ketones is 1. The summed E-state index contributed by atoms with van der Waals surface area (Å²) in [6.07, 6.45) is 0. The Morgan fingerprint density at radius 3 is 2.74 bits per heavy atom. The van der Waals surface area contributed by atoms with Crippen LogP contribution < -0.4 is 11.1 Å². The van der Waals surface area contributed by atoms with Crippen LogP contribution in [0.1, 0.15) is 37.2 Å². The average Bonchev–Trinajstić information content (AvgIpc) is 3.00. The molecule has 3 N–H and O–H groups in total. The summed E-state index contributed by atoms with van der Waals surface area (Å²) >= 11 is 1.08. The molecule has 2 rings (SSSR count). The number of nitrogen functional groups attached to an aromatic ring is 1. The van der Waals surface area contributed by atoms with E-state index in [0.29, 0.717) is 16.4 Å². The zero-order valence-electron chi connectivity index (χ0n) is 15.3. The number of esters is 1. The van der Waals surface area contributed by atoms with Gasteiger partial charge in [-0.15, -0.1) is 10.2 Å². The van der Waals surface area contributed by atoms with Gasteiger partial charge in [0.2, 0.25) is 11.9 Å². The maximum absolute atomic E-state index is 12.6. The number of carbonyl (C=O) groups is 3. The highest BCUT2D eigenvalue weighted by molar-refractivity contribution is 7.99. The number of nitrogens with two attached hydrogens (primary N) is 1.